The third-order valence-corrected chi connectivity index (χ3v) is 22.7. The van der Waals surface area contributed by atoms with Crippen LogP contribution in [0.4, 0.5) is 106 Å². The standard InChI is InChI=1S/C21H25N5.C19H19N5O.2C19H21N5.C18H18N6.C18H19N5/c1-4-21(2,3)15-22-19-24-18(16-11-7-5-8-12-16)25-20(26-19)23-17-13-9-6-10-14-17;1-3-7-14(8-4-1)17-22-18(20-13-16-11-12-25-16)24-19(23-17)21-15-9-5-2-6-10-15;1-14(2)13-20-18-22-17(15-9-5-3-6-10-15)23-19(24-18)21-16-11-7-4-8-12-16;1-3-14(2)20-18-22-17(15-10-6-4-7-11-15)23-19(24-18)21-16-12-8-5-9-13-16;1-2-5-13(6-3-1)16-22-17(20-14-7-4-8-14)24-18(23-16)21-15-9-11-19-12-10-15;1-2-13-19-17-21-16(14-9-5-3-6-10-14)22-18(23-17)20-15-11-7-4-8-12-15/h5-14H,4,15H2,1-3H3,(H2,22,23,24,25,26);1-10,16H,11-13H2,(H2,20,21,22,23,24);3-12,14H,13H2,1-2H3,(H2,20,21,22,23,24);4-14H,3H2,1-2H3,(H2,20,21,22,23,24);1-3,5-6,9-12,14H,4,7-8H2,(H2,19,20,21,22,23,24);3-12H,2,13H2,1H3,(H2,19,20,21,22,23). The quantitative estimate of drug-likeness (QED) is 0.0173. The molecule has 12 N–H and O–H groups in total. The molecule has 1 saturated carbocycles. The van der Waals surface area contributed by atoms with Crippen molar-refractivity contribution in [1.82, 2.24) is 94.7 Å². The van der Waals surface area contributed by atoms with Gasteiger partial charge in [0.2, 0.25) is 71.4 Å². The molecule has 2 aliphatic rings. The second-order valence-corrected chi connectivity index (χ2v) is 35.3. The summed E-state index contributed by atoms with van der Waals surface area (Å²) in [6.45, 7) is 21.2. The largest absolute Gasteiger partial charge is 0.376 e. The third kappa shape index (κ3) is 33.4. The number of benzene rings is 11. The van der Waals surface area contributed by atoms with Gasteiger partial charge in [0, 0.05) is 125 Å². The Kier molecular flexibility index (Phi) is 38.1. The van der Waals surface area contributed by atoms with Crippen molar-refractivity contribution in [1.29, 1.82) is 0 Å². The number of rotatable bonds is 36. The Morgan fingerprint density at radius 2 is 0.562 bits per heavy atom. The van der Waals surface area contributed by atoms with Crippen molar-refractivity contribution in [2.75, 3.05) is 96.6 Å². The molecule has 1 saturated heterocycles. The van der Waals surface area contributed by atoms with Crippen molar-refractivity contribution >= 4 is 106 Å². The summed E-state index contributed by atoms with van der Waals surface area (Å²) in [6, 6.07) is 113. The Morgan fingerprint density at radius 1 is 0.295 bits per heavy atom. The lowest BCUT2D eigenvalue weighted by Crippen LogP contribution is -2.33. The summed E-state index contributed by atoms with van der Waals surface area (Å²) >= 11 is 0. The Bertz CT molecular complexity index is 6770. The number of hydrogen-bond acceptors (Lipinski definition) is 32. The Morgan fingerprint density at radius 3 is 0.842 bits per heavy atom. The first-order valence-electron chi connectivity index (χ1n) is 49.4. The first-order chi connectivity index (χ1) is 71.6. The molecule has 0 radical (unpaired) electrons. The highest BCUT2D eigenvalue weighted by Gasteiger charge is 2.23. The van der Waals surface area contributed by atoms with Gasteiger partial charge < -0.3 is 68.5 Å². The highest BCUT2D eigenvalue weighted by atomic mass is 16.5. The zero-order valence-corrected chi connectivity index (χ0v) is 83.3. The van der Waals surface area contributed by atoms with Crippen LogP contribution < -0.4 is 63.8 Å². The van der Waals surface area contributed by atoms with Crippen molar-refractivity contribution in [3.8, 4) is 68.3 Å². The van der Waals surface area contributed by atoms with E-state index in [1.165, 1.54) is 19.3 Å². The lowest BCUT2D eigenvalue weighted by molar-refractivity contribution is -0.0411. The monoisotopic (exact) mass is 1940 g/mol. The number of hydrogen-bond donors (Lipinski definition) is 12. The Labute approximate surface area is 852 Å². The van der Waals surface area contributed by atoms with Gasteiger partial charge in [-0.25, -0.2) is 0 Å². The van der Waals surface area contributed by atoms with E-state index in [0.29, 0.717) is 131 Å². The second kappa shape index (κ2) is 54.3. The van der Waals surface area contributed by atoms with Crippen LogP contribution in [0.25, 0.3) is 68.3 Å². The predicted octanol–water partition coefficient (Wildman–Crippen LogP) is 25.2. The minimum Gasteiger partial charge on any atom is -0.376 e. The highest BCUT2D eigenvalue weighted by molar-refractivity contribution is 5.68. The average Bonchev–Trinajstić information content (AvgIpc) is 0.834. The van der Waals surface area contributed by atoms with Crippen LogP contribution in [0.2, 0.25) is 0 Å². The van der Waals surface area contributed by atoms with E-state index in [-0.39, 0.29) is 11.5 Å². The number of ether oxygens (including phenoxy) is 1. The molecule has 7 aromatic heterocycles. The lowest BCUT2D eigenvalue weighted by Gasteiger charge is -2.26. The van der Waals surface area contributed by atoms with Crippen LogP contribution in [0.15, 0.2) is 358 Å². The van der Waals surface area contributed by atoms with Gasteiger partial charge in [-0.3, -0.25) is 4.98 Å². The van der Waals surface area contributed by atoms with Gasteiger partial charge in [0.15, 0.2) is 34.9 Å². The summed E-state index contributed by atoms with van der Waals surface area (Å²) in [5, 5.41) is 39.3. The van der Waals surface area contributed by atoms with E-state index >= 15 is 0 Å². The zero-order chi connectivity index (χ0) is 101. The molecule has 2 fully saturated rings. The fourth-order valence-corrected chi connectivity index (χ4v) is 13.8. The molecule has 20 rings (SSSR count). The normalized spacial score (nSPS) is 12.3. The maximum atomic E-state index is 5.44. The van der Waals surface area contributed by atoms with E-state index in [4.69, 9.17) is 4.74 Å². The highest BCUT2D eigenvalue weighted by Crippen LogP contribution is 2.31. The number of anilines is 18. The van der Waals surface area contributed by atoms with Crippen molar-refractivity contribution < 1.29 is 4.74 Å². The van der Waals surface area contributed by atoms with Gasteiger partial charge >= 0.3 is 0 Å². The maximum Gasteiger partial charge on any atom is 0.232 e. The van der Waals surface area contributed by atoms with Gasteiger partial charge in [-0.1, -0.05) is 321 Å². The van der Waals surface area contributed by atoms with Crippen molar-refractivity contribution in [3.05, 3.63) is 358 Å². The van der Waals surface area contributed by atoms with E-state index < -0.39 is 0 Å². The number of nitrogens with zero attached hydrogens (tertiary/aromatic N) is 19. The molecule has 2 unspecified atom stereocenters. The van der Waals surface area contributed by atoms with E-state index in [1.54, 1.807) is 12.4 Å². The van der Waals surface area contributed by atoms with E-state index in [0.717, 1.165) is 119 Å². The molecule has 32 heteroatoms. The fraction of sp³-hybridized carbons (Fsp3) is 0.219. The van der Waals surface area contributed by atoms with Gasteiger partial charge in [0.1, 0.15) is 0 Å². The average molecular weight is 1940 g/mol. The molecular weight excluding hydrogens is 1820 g/mol. The summed E-state index contributed by atoms with van der Waals surface area (Å²) in [4.78, 5) is 85.7. The molecule has 11 aromatic carbocycles. The van der Waals surface area contributed by atoms with Crippen LogP contribution in [0.3, 0.4) is 0 Å². The maximum absolute atomic E-state index is 5.44. The summed E-state index contributed by atoms with van der Waals surface area (Å²) < 4.78 is 5.44. The fourth-order valence-electron chi connectivity index (χ4n) is 13.8. The molecule has 18 aromatic rings. The molecule has 0 amide bonds. The minimum atomic E-state index is 0.173. The molecule has 2 atom stereocenters. The summed E-state index contributed by atoms with van der Waals surface area (Å²) in [7, 11) is 0. The topological polar surface area (TPSA) is 398 Å². The third-order valence-electron chi connectivity index (χ3n) is 22.7. The molecule has 1 aliphatic heterocycles. The minimum absolute atomic E-state index is 0.173. The first kappa shape index (κ1) is 103. The van der Waals surface area contributed by atoms with Gasteiger partial charge in [-0.15, -0.1) is 0 Å². The van der Waals surface area contributed by atoms with Crippen LogP contribution in [-0.2, 0) is 4.74 Å². The van der Waals surface area contributed by atoms with Crippen molar-refractivity contribution in [2.45, 2.75) is 119 Å². The van der Waals surface area contributed by atoms with Crippen molar-refractivity contribution in [2.24, 2.45) is 11.3 Å². The van der Waals surface area contributed by atoms with Crippen molar-refractivity contribution in [3.63, 3.8) is 0 Å². The number of para-hydroxylation sites is 5. The van der Waals surface area contributed by atoms with E-state index in [1.807, 2.05) is 346 Å². The molecular formula is C114H123N31O. The van der Waals surface area contributed by atoms with Gasteiger partial charge in [-0.05, 0) is 136 Å². The Balaban J connectivity index is 0.000000132. The molecule has 0 bridgehead atoms. The number of pyridine rings is 1. The van der Waals surface area contributed by atoms with Crippen LogP contribution >= 0.6 is 0 Å². The second-order valence-electron chi connectivity index (χ2n) is 35.3. The van der Waals surface area contributed by atoms with E-state index in [9.17, 15) is 0 Å². The van der Waals surface area contributed by atoms with Crippen LogP contribution in [0, 0.1) is 11.3 Å². The predicted molar refractivity (Wildman–Crippen MR) is 590 cm³/mol. The lowest BCUT2D eigenvalue weighted by atomic mass is 9.90. The van der Waals surface area contributed by atoms with E-state index in [2.05, 4.69) is 214 Å². The summed E-state index contributed by atoms with van der Waals surface area (Å²) in [5.74, 6) is 11.0. The van der Waals surface area contributed by atoms with Gasteiger partial charge in [0.25, 0.3) is 0 Å². The smallest absolute Gasteiger partial charge is 0.232 e. The summed E-state index contributed by atoms with van der Waals surface area (Å²) in [6.07, 6.45) is 11.4. The molecule has 740 valence electrons. The first-order valence-corrected chi connectivity index (χ1v) is 49.4. The van der Waals surface area contributed by atoms with Crippen LogP contribution in [0.1, 0.15) is 100 Å². The zero-order valence-electron chi connectivity index (χ0n) is 83.3. The molecule has 32 nitrogen and oxygen atoms in total. The molecule has 8 heterocycles. The van der Waals surface area contributed by atoms with Gasteiger partial charge in [-0.2, -0.15) is 89.7 Å². The number of aromatic nitrogens is 19. The van der Waals surface area contributed by atoms with Crippen LogP contribution in [0.5, 0.6) is 0 Å². The molecule has 0 spiro atoms. The van der Waals surface area contributed by atoms with Crippen LogP contribution in [-0.4, -0.2) is 146 Å². The molecule has 1 aliphatic carbocycles. The summed E-state index contributed by atoms with van der Waals surface area (Å²) in [5.41, 5.74) is 11.5. The van der Waals surface area contributed by atoms with Gasteiger partial charge in [0.05, 0.1) is 6.10 Å². The Hall–Kier alpha value is -17.8. The molecule has 146 heavy (non-hydrogen) atoms. The SMILES string of the molecule is CC(C)CNc1nc(Nc2ccccc2)nc(-c2ccccc2)n1.CCC(C)(C)CNc1nc(Nc2ccccc2)nc(-c2ccccc2)n1.CCC(C)Nc1nc(Nc2ccccc2)nc(-c2ccccc2)n1.CCCNc1nc(Nc2ccccc2)nc(-c2ccccc2)n1.c1ccc(-c2nc(Nc3ccncc3)nc(NC3CCC3)n2)cc1.c1ccc(Nc2nc(NCC3CCO3)nc(-c3ccccc3)n2)cc1. The number of nitrogens with one attached hydrogen (secondary N) is 12.